The minimum absolute atomic E-state index is 0.0371. The molecule has 0 aliphatic rings. The zero-order valence-electron chi connectivity index (χ0n) is 15.5. The maximum Gasteiger partial charge on any atom is 0.438 e. The number of hydrogen-bond acceptors (Lipinski definition) is 5. The Labute approximate surface area is 160 Å². The van der Waals surface area contributed by atoms with Crippen LogP contribution in [0.2, 0.25) is 0 Å². The van der Waals surface area contributed by atoms with Crippen molar-refractivity contribution in [3.63, 3.8) is 0 Å². The number of amides is 1. The normalized spacial score (nSPS) is 11.1. The number of anilines is 1. The lowest BCUT2D eigenvalue weighted by Crippen LogP contribution is -2.28. The molecule has 0 aromatic heterocycles. The Balaban J connectivity index is 2.41. The van der Waals surface area contributed by atoms with E-state index in [1.807, 2.05) is 0 Å². The number of nitrogens with zero attached hydrogens (tertiary/aromatic N) is 1. The van der Waals surface area contributed by atoms with Crippen LogP contribution in [0.3, 0.4) is 0 Å². The second-order valence-electron chi connectivity index (χ2n) is 5.71. The van der Waals surface area contributed by atoms with Crippen LogP contribution < -0.4 is 14.5 Å². The predicted octanol–water partition coefficient (Wildman–Crippen LogP) is 4.82. The molecular formula is C19H20F3NO5. The molecule has 0 heterocycles. The zero-order valence-corrected chi connectivity index (χ0v) is 15.5. The van der Waals surface area contributed by atoms with Crippen molar-refractivity contribution in [2.75, 3.05) is 19.3 Å². The Morgan fingerprint density at radius 2 is 1.86 bits per heavy atom. The number of carbonyl (C=O) groups is 1. The van der Waals surface area contributed by atoms with Crippen molar-refractivity contribution in [2.45, 2.75) is 26.1 Å². The van der Waals surface area contributed by atoms with Crippen LogP contribution in [0.1, 0.15) is 23.6 Å². The number of halogens is 3. The van der Waals surface area contributed by atoms with E-state index in [4.69, 9.17) is 9.47 Å². The number of alkyl halides is 3. The number of hydrogen-bond donors (Lipinski definition) is 1. The average Bonchev–Trinajstić information content (AvgIpc) is 2.69. The maximum absolute atomic E-state index is 13.4. The molecule has 28 heavy (non-hydrogen) atoms. The van der Waals surface area contributed by atoms with Gasteiger partial charge in [-0.05, 0) is 36.2 Å². The highest BCUT2D eigenvalue weighted by atomic mass is 19.4. The summed E-state index contributed by atoms with van der Waals surface area (Å²) in [7, 11) is 2.42. The molecule has 0 fully saturated rings. The quantitative estimate of drug-likeness (QED) is 0.557. The van der Waals surface area contributed by atoms with Gasteiger partial charge in [-0.3, -0.25) is 5.21 Å². The predicted molar refractivity (Wildman–Crippen MR) is 94.8 cm³/mol. The van der Waals surface area contributed by atoms with Crippen LogP contribution in [0.5, 0.6) is 11.5 Å². The Morgan fingerprint density at radius 3 is 2.43 bits per heavy atom. The molecule has 9 heteroatoms. The van der Waals surface area contributed by atoms with Gasteiger partial charge >= 0.3 is 12.3 Å². The molecule has 0 saturated heterocycles. The van der Waals surface area contributed by atoms with Crippen LogP contribution in [-0.2, 0) is 23.9 Å². The molecule has 0 unspecified atom stereocenters. The van der Waals surface area contributed by atoms with Crippen molar-refractivity contribution >= 4 is 11.8 Å². The summed E-state index contributed by atoms with van der Waals surface area (Å²) in [5.74, 6) is -0.150. The van der Waals surface area contributed by atoms with E-state index in [9.17, 15) is 23.2 Å². The van der Waals surface area contributed by atoms with E-state index in [0.29, 0.717) is 12.0 Å². The van der Waals surface area contributed by atoms with Gasteiger partial charge in [-0.15, -0.1) is 0 Å². The molecule has 2 aromatic rings. The highest BCUT2D eigenvalue weighted by Crippen LogP contribution is 2.38. The molecule has 0 radical (unpaired) electrons. The van der Waals surface area contributed by atoms with Crippen LogP contribution in [0, 0.1) is 0 Å². The summed E-state index contributed by atoms with van der Waals surface area (Å²) in [5, 5.41) is 10.2. The molecule has 6 nitrogen and oxygen atoms in total. The first kappa shape index (κ1) is 21.4. The second-order valence-corrected chi connectivity index (χ2v) is 5.71. The number of rotatable bonds is 6. The summed E-state index contributed by atoms with van der Waals surface area (Å²) in [5.41, 5.74) is -0.252. The van der Waals surface area contributed by atoms with Crippen molar-refractivity contribution in [2.24, 2.45) is 0 Å². The number of carbonyl (C=O) groups excluding carboxylic acids is 1. The highest BCUT2D eigenvalue weighted by Gasteiger charge is 2.35. The third kappa shape index (κ3) is 4.66. The molecule has 152 valence electrons. The van der Waals surface area contributed by atoms with Gasteiger partial charge in [0.2, 0.25) is 0 Å². The van der Waals surface area contributed by atoms with E-state index in [0.717, 1.165) is 13.2 Å². The van der Waals surface area contributed by atoms with Crippen LogP contribution in [0.25, 0.3) is 0 Å². The summed E-state index contributed by atoms with van der Waals surface area (Å²) in [4.78, 5) is 11.6. The van der Waals surface area contributed by atoms with E-state index in [1.165, 1.54) is 31.4 Å². The Hall–Kier alpha value is -2.94. The monoisotopic (exact) mass is 399 g/mol. The highest BCUT2D eigenvalue weighted by molar-refractivity contribution is 5.86. The van der Waals surface area contributed by atoms with Crippen molar-refractivity contribution < 1.29 is 37.4 Å². The van der Waals surface area contributed by atoms with Crippen LogP contribution in [0.4, 0.5) is 23.7 Å². The SMILES string of the molecule is CCc1ccc(OCc2c(OC)cccc2N(O)C(=O)OC)c(C(F)(F)F)c1. The number of benzene rings is 2. The van der Waals surface area contributed by atoms with Crippen LogP contribution >= 0.6 is 0 Å². The topological polar surface area (TPSA) is 68.2 Å². The van der Waals surface area contributed by atoms with Crippen molar-refractivity contribution in [3.05, 3.63) is 53.1 Å². The fourth-order valence-electron chi connectivity index (χ4n) is 2.57. The molecule has 0 bridgehead atoms. The standard InChI is InChI=1S/C19H20F3NO5/c1-4-12-8-9-17(14(10-12)19(20,21)22)28-11-13-15(23(25)18(24)27-3)6-5-7-16(13)26-2/h5-10,25H,4,11H2,1-3H3. The lowest BCUT2D eigenvalue weighted by atomic mass is 10.1. The summed E-state index contributed by atoms with van der Waals surface area (Å²) >= 11 is 0. The fourth-order valence-corrected chi connectivity index (χ4v) is 2.57. The van der Waals surface area contributed by atoms with Crippen molar-refractivity contribution in [1.82, 2.24) is 0 Å². The third-order valence-electron chi connectivity index (χ3n) is 4.03. The van der Waals surface area contributed by atoms with Gasteiger partial charge in [0.25, 0.3) is 0 Å². The third-order valence-corrected chi connectivity index (χ3v) is 4.03. The van der Waals surface area contributed by atoms with Gasteiger partial charge in [0.05, 0.1) is 31.0 Å². The minimum atomic E-state index is -4.60. The van der Waals surface area contributed by atoms with Gasteiger partial charge in [0.1, 0.15) is 18.1 Å². The number of aryl methyl sites for hydroxylation is 1. The first-order chi connectivity index (χ1) is 13.2. The van der Waals surface area contributed by atoms with Gasteiger partial charge in [0, 0.05) is 0 Å². The van der Waals surface area contributed by atoms with Crippen molar-refractivity contribution in [3.8, 4) is 11.5 Å². The molecule has 0 aliphatic heterocycles. The smallest absolute Gasteiger partial charge is 0.438 e. The molecule has 0 saturated carbocycles. The molecule has 1 N–H and O–H groups in total. The van der Waals surface area contributed by atoms with Gasteiger partial charge in [0.15, 0.2) is 0 Å². The van der Waals surface area contributed by atoms with Crippen molar-refractivity contribution in [1.29, 1.82) is 0 Å². The van der Waals surface area contributed by atoms with E-state index in [-0.39, 0.29) is 34.4 Å². The summed E-state index contributed by atoms with van der Waals surface area (Å²) < 4.78 is 55.2. The van der Waals surface area contributed by atoms with E-state index >= 15 is 0 Å². The molecule has 0 spiro atoms. The largest absolute Gasteiger partial charge is 0.496 e. The molecule has 2 aromatic carbocycles. The van der Waals surface area contributed by atoms with E-state index in [1.54, 1.807) is 13.0 Å². The summed E-state index contributed by atoms with van der Waals surface area (Å²) in [6.07, 6.45) is -5.23. The number of hydroxylamine groups is 1. The van der Waals surface area contributed by atoms with Crippen LogP contribution in [0.15, 0.2) is 36.4 Å². The molecule has 1 amide bonds. The summed E-state index contributed by atoms with van der Waals surface area (Å²) in [6, 6.07) is 8.22. The maximum atomic E-state index is 13.4. The first-order valence-corrected chi connectivity index (χ1v) is 8.28. The van der Waals surface area contributed by atoms with E-state index in [2.05, 4.69) is 4.74 Å². The molecule has 0 aliphatic carbocycles. The lowest BCUT2D eigenvalue weighted by molar-refractivity contribution is -0.139. The first-order valence-electron chi connectivity index (χ1n) is 8.28. The van der Waals surface area contributed by atoms with E-state index < -0.39 is 17.8 Å². The van der Waals surface area contributed by atoms with Gasteiger partial charge in [-0.25, -0.2) is 4.79 Å². The lowest BCUT2D eigenvalue weighted by Gasteiger charge is -2.20. The minimum Gasteiger partial charge on any atom is -0.496 e. The van der Waals surface area contributed by atoms with Crippen LogP contribution in [-0.4, -0.2) is 25.5 Å². The number of ether oxygens (including phenoxy) is 3. The average molecular weight is 399 g/mol. The van der Waals surface area contributed by atoms with Gasteiger partial charge in [-0.1, -0.05) is 19.1 Å². The fraction of sp³-hybridized carbons (Fsp3) is 0.316. The van der Waals surface area contributed by atoms with Gasteiger partial charge < -0.3 is 14.2 Å². The molecular weight excluding hydrogens is 379 g/mol. The van der Waals surface area contributed by atoms with Gasteiger partial charge in [-0.2, -0.15) is 18.2 Å². The second kappa shape index (κ2) is 8.83. The Kier molecular flexibility index (Phi) is 6.74. The summed E-state index contributed by atoms with van der Waals surface area (Å²) in [6.45, 7) is 1.36. The number of methoxy groups -OCH3 is 2. The Bertz CT molecular complexity index is 839. The molecule has 0 atom stereocenters. The zero-order chi connectivity index (χ0) is 20.9. The Morgan fingerprint density at radius 1 is 1.14 bits per heavy atom. The molecule has 2 rings (SSSR count).